The fraction of sp³-hybridized carbons (Fsp3) is 0. The molecular weight excluding hydrogens is 369 g/mol. The molecule has 0 saturated carbocycles. The molecule has 0 unspecified atom stereocenters. The van der Waals surface area contributed by atoms with Crippen molar-refractivity contribution in [1.82, 2.24) is 14.4 Å². The first-order valence-electron chi connectivity index (χ1n) is 5.25. The van der Waals surface area contributed by atoms with Crippen molar-refractivity contribution >= 4 is 56.5 Å². The van der Waals surface area contributed by atoms with Crippen LogP contribution in [-0.2, 0) is 0 Å². The maximum absolute atomic E-state index is 6.16. The Bertz CT molecular complexity index is 760. The van der Waals surface area contributed by atoms with Crippen molar-refractivity contribution < 1.29 is 0 Å². The number of hydrogen-bond donors (Lipinski definition) is 0. The zero-order valence-corrected chi connectivity index (χ0v) is 13.3. The van der Waals surface area contributed by atoms with E-state index in [1.807, 2.05) is 22.9 Å². The molecule has 2 aromatic heterocycles. The Morgan fingerprint density at radius 1 is 1.26 bits per heavy atom. The molecule has 3 rings (SSSR count). The molecule has 3 nitrogen and oxygen atoms in total. The lowest BCUT2D eigenvalue weighted by atomic mass is 10.4. The van der Waals surface area contributed by atoms with Gasteiger partial charge in [-0.05, 0) is 34.1 Å². The quantitative estimate of drug-likeness (QED) is 0.635. The number of nitrogens with zero attached hydrogens (tertiary/aromatic N) is 3. The number of benzene rings is 1. The normalized spacial score (nSPS) is 11.1. The predicted molar refractivity (Wildman–Crippen MR) is 81.3 cm³/mol. The van der Waals surface area contributed by atoms with E-state index < -0.39 is 0 Å². The van der Waals surface area contributed by atoms with Gasteiger partial charge >= 0.3 is 0 Å². The SMILES string of the molecule is Clc1ccc(Cl)c(Sc2nc(Br)cn3ccnc23)c1. The lowest BCUT2D eigenvalue weighted by Crippen LogP contribution is -1.91. The third kappa shape index (κ3) is 2.74. The highest BCUT2D eigenvalue weighted by Crippen LogP contribution is 2.36. The van der Waals surface area contributed by atoms with Crippen LogP contribution in [0.3, 0.4) is 0 Å². The lowest BCUT2D eigenvalue weighted by molar-refractivity contribution is 1.01. The van der Waals surface area contributed by atoms with Gasteiger partial charge in [-0.1, -0.05) is 35.0 Å². The largest absolute Gasteiger partial charge is 0.302 e. The minimum absolute atomic E-state index is 0.640. The summed E-state index contributed by atoms with van der Waals surface area (Å²) in [5.74, 6) is 0. The van der Waals surface area contributed by atoms with Crippen molar-refractivity contribution in [3.8, 4) is 0 Å². The first kappa shape index (κ1) is 13.2. The zero-order valence-electron chi connectivity index (χ0n) is 9.35. The van der Waals surface area contributed by atoms with Crippen molar-refractivity contribution in [3.05, 3.63) is 51.4 Å². The van der Waals surface area contributed by atoms with Crippen molar-refractivity contribution in [1.29, 1.82) is 0 Å². The summed E-state index contributed by atoms with van der Waals surface area (Å²) in [5, 5.41) is 2.05. The van der Waals surface area contributed by atoms with E-state index in [4.69, 9.17) is 23.2 Å². The highest BCUT2D eigenvalue weighted by atomic mass is 79.9. The minimum Gasteiger partial charge on any atom is -0.302 e. The van der Waals surface area contributed by atoms with E-state index in [0.29, 0.717) is 10.0 Å². The van der Waals surface area contributed by atoms with E-state index in [-0.39, 0.29) is 0 Å². The van der Waals surface area contributed by atoms with Crippen molar-refractivity contribution in [2.45, 2.75) is 9.92 Å². The van der Waals surface area contributed by atoms with Crippen LogP contribution in [0.1, 0.15) is 0 Å². The maximum Gasteiger partial charge on any atom is 0.170 e. The molecule has 96 valence electrons. The summed E-state index contributed by atoms with van der Waals surface area (Å²) in [6.07, 6.45) is 5.45. The molecule has 0 amide bonds. The third-order valence-electron chi connectivity index (χ3n) is 2.41. The number of halogens is 3. The van der Waals surface area contributed by atoms with Crippen LogP contribution in [-0.4, -0.2) is 14.4 Å². The molecule has 0 fully saturated rings. The van der Waals surface area contributed by atoms with Crippen LogP contribution in [0, 0.1) is 0 Å². The number of aromatic nitrogens is 3. The number of fused-ring (bicyclic) bond motifs is 1. The molecule has 0 bridgehead atoms. The van der Waals surface area contributed by atoms with Gasteiger partial charge in [-0.25, -0.2) is 9.97 Å². The van der Waals surface area contributed by atoms with Gasteiger partial charge in [0.2, 0.25) is 0 Å². The van der Waals surface area contributed by atoms with Gasteiger partial charge < -0.3 is 4.40 Å². The minimum atomic E-state index is 0.640. The highest BCUT2D eigenvalue weighted by Gasteiger charge is 2.11. The number of imidazole rings is 1. The molecule has 0 aliphatic rings. The molecular formula is C12H6BrCl2N3S. The van der Waals surface area contributed by atoms with E-state index >= 15 is 0 Å². The molecule has 0 spiro atoms. The second-order valence-corrected chi connectivity index (χ2v) is 6.39. The summed E-state index contributed by atoms with van der Waals surface area (Å²) in [6.45, 7) is 0. The summed E-state index contributed by atoms with van der Waals surface area (Å²) < 4.78 is 2.64. The molecule has 7 heteroatoms. The van der Waals surface area contributed by atoms with Gasteiger partial charge in [0.05, 0.1) is 5.02 Å². The van der Waals surface area contributed by atoms with Crippen LogP contribution in [0.25, 0.3) is 5.65 Å². The van der Waals surface area contributed by atoms with Crippen molar-refractivity contribution in [2.75, 3.05) is 0 Å². The molecule has 1 aromatic carbocycles. The zero-order chi connectivity index (χ0) is 13.4. The Labute approximate surface area is 132 Å². The van der Waals surface area contributed by atoms with E-state index in [9.17, 15) is 0 Å². The summed E-state index contributed by atoms with van der Waals surface area (Å²) in [7, 11) is 0. The van der Waals surface area contributed by atoms with E-state index in [0.717, 1.165) is 20.2 Å². The topological polar surface area (TPSA) is 30.2 Å². The fourth-order valence-corrected chi connectivity index (χ4v) is 3.54. The number of rotatable bonds is 2. The van der Waals surface area contributed by atoms with Crippen molar-refractivity contribution in [3.63, 3.8) is 0 Å². The third-order valence-corrected chi connectivity index (χ3v) is 4.50. The smallest absolute Gasteiger partial charge is 0.170 e. The molecule has 3 aromatic rings. The fourth-order valence-electron chi connectivity index (χ4n) is 1.60. The molecule has 0 radical (unpaired) electrons. The van der Waals surface area contributed by atoms with Gasteiger partial charge in [0, 0.05) is 28.5 Å². The Morgan fingerprint density at radius 2 is 2.11 bits per heavy atom. The van der Waals surface area contributed by atoms with Crippen molar-refractivity contribution in [2.24, 2.45) is 0 Å². The van der Waals surface area contributed by atoms with Gasteiger partial charge in [0.25, 0.3) is 0 Å². The average Bonchev–Trinajstić information content (AvgIpc) is 2.82. The molecule has 0 saturated heterocycles. The van der Waals surface area contributed by atoms with Gasteiger partial charge in [0.15, 0.2) is 5.65 Å². The Morgan fingerprint density at radius 3 is 2.95 bits per heavy atom. The second kappa shape index (κ2) is 5.32. The lowest BCUT2D eigenvalue weighted by Gasteiger charge is -2.06. The molecule has 0 atom stereocenters. The Hall–Kier alpha value is -0.750. The van der Waals surface area contributed by atoms with Crippen LogP contribution >= 0.6 is 50.9 Å². The van der Waals surface area contributed by atoms with Gasteiger partial charge in [-0.2, -0.15) is 0 Å². The second-order valence-electron chi connectivity index (χ2n) is 3.70. The first-order chi connectivity index (χ1) is 9.13. The first-order valence-corrected chi connectivity index (χ1v) is 7.62. The molecule has 0 aliphatic carbocycles. The highest BCUT2D eigenvalue weighted by molar-refractivity contribution is 9.10. The van der Waals surface area contributed by atoms with Gasteiger partial charge in [-0.3, -0.25) is 0 Å². The van der Waals surface area contributed by atoms with Crippen LogP contribution in [0.15, 0.2) is 51.3 Å². The maximum atomic E-state index is 6.16. The Kier molecular flexibility index (Phi) is 3.71. The van der Waals surface area contributed by atoms with Gasteiger partial charge in [-0.15, -0.1) is 0 Å². The molecule has 19 heavy (non-hydrogen) atoms. The predicted octanol–water partition coefficient (Wildman–Crippen LogP) is 4.95. The van der Waals surface area contributed by atoms with E-state index in [2.05, 4.69) is 25.9 Å². The molecule has 2 heterocycles. The molecule has 0 N–H and O–H groups in total. The summed E-state index contributed by atoms with van der Waals surface area (Å²) in [4.78, 5) is 9.58. The van der Waals surface area contributed by atoms with Crippen LogP contribution in [0.4, 0.5) is 0 Å². The van der Waals surface area contributed by atoms with Crippen LogP contribution in [0.5, 0.6) is 0 Å². The van der Waals surface area contributed by atoms with E-state index in [1.54, 1.807) is 18.3 Å². The monoisotopic (exact) mass is 373 g/mol. The standard InChI is InChI=1S/C12H6BrCl2N3S/c13-10-6-18-4-3-16-11(18)12(17-10)19-9-5-7(14)1-2-8(9)15/h1-6H. The van der Waals surface area contributed by atoms with E-state index in [1.165, 1.54) is 11.8 Å². The summed E-state index contributed by atoms with van der Waals surface area (Å²) in [5.41, 5.74) is 0.782. The van der Waals surface area contributed by atoms with Crippen LogP contribution in [0.2, 0.25) is 10.0 Å². The average molecular weight is 375 g/mol. The van der Waals surface area contributed by atoms with Crippen LogP contribution < -0.4 is 0 Å². The summed E-state index contributed by atoms with van der Waals surface area (Å²) in [6, 6.07) is 5.34. The molecule has 0 aliphatic heterocycles. The van der Waals surface area contributed by atoms with Gasteiger partial charge in [0.1, 0.15) is 9.63 Å². The summed E-state index contributed by atoms with van der Waals surface area (Å²) >= 11 is 17.0. The Balaban J connectivity index is 2.10. The number of hydrogen-bond acceptors (Lipinski definition) is 3.